The predicted molar refractivity (Wildman–Crippen MR) is 428 cm³/mol. The van der Waals surface area contributed by atoms with Crippen molar-refractivity contribution in [3.05, 3.63) is 0 Å². The zero-order valence-corrected chi connectivity index (χ0v) is 70.1. The second-order valence-corrected chi connectivity index (χ2v) is 34.4. The van der Waals surface area contributed by atoms with Gasteiger partial charge in [0.2, 0.25) is 0 Å². The number of aliphatic hydroxyl groups is 1. The number of aliphatic hydroxyl groups excluding tert-OH is 1. The lowest BCUT2D eigenvalue weighted by atomic mass is 10.0. The quantitative estimate of drug-likeness (QED) is 0.0222. The molecule has 0 aromatic carbocycles. The van der Waals surface area contributed by atoms with Gasteiger partial charge in [-0.3, -0.25) is 37.3 Å². The van der Waals surface area contributed by atoms with Gasteiger partial charge in [0.25, 0.3) is 0 Å². The summed E-state index contributed by atoms with van der Waals surface area (Å²) >= 11 is 0. The van der Waals surface area contributed by atoms with E-state index in [9.17, 15) is 43.2 Å². The summed E-state index contributed by atoms with van der Waals surface area (Å²) in [5.74, 6) is -0.552. The van der Waals surface area contributed by atoms with Crippen LogP contribution in [0.1, 0.15) is 452 Å². The molecule has 0 radical (unpaired) electrons. The first-order valence-electron chi connectivity index (χ1n) is 44.0. The van der Waals surface area contributed by atoms with Crippen LogP contribution in [0.3, 0.4) is 0 Å². The largest absolute Gasteiger partial charge is 0.472 e. The van der Waals surface area contributed by atoms with Gasteiger partial charge in [-0.1, -0.05) is 401 Å². The number of unbranched alkanes of at least 4 members (excludes halogenated alkanes) is 54. The van der Waals surface area contributed by atoms with Crippen LogP contribution in [0.2, 0.25) is 0 Å². The molecule has 5 atom stereocenters. The lowest BCUT2D eigenvalue weighted by Gasteiger charge is -2.21. The van der Waals surface area contributed by atoms with E-state index in [0.29, 0.717) is 25.7 Å². The Balaban J connectivity index is 5.23. The maximum atomic E-state index is 13.1. The Bertz CT molecular complexity index is 1990. The lowest BCUT2D eigenvalue weighted by Crippen LogP contribution is -2.30. The minimum absolute atomic E-state index is 0.107. The van der Waals surface area contributed by atoms with Gasteiger partial charge in [-0.15, -0.1) is 0 Å². The van der Waals surface area contributed by atoms with Gasteiger partial charge in [0.15, 0.2) is 12.2 Å². The predicted octanol–water partition coefficient (Wildman–Crippen LogP) is 25.8. The summed E-state index contributed by atoms with van der Waals surface area (Å²) in [7, 11) is -9.93. The molecular formula is C85H166O17P2. The molecule has 0 rings (SSSR count). The summed E-state index contributed by atoms with van der Waals surface area (Å²) < 4.78 is 68.9. The molecule has 0 saturated carbocycles. The van der Waals surface area contributed by atoms with Crippen molar-refractivity contribution >= 4 is 39.5 Å². The molecule has 19 heteroatoms. The Kier molecular flexibility index (Phi) is 75.0. The van der Waals surface area contributed by atoms with Gasteiger partial charge in [0.05, 0.1) is 26.4 Å². The van der Waals surface area contributed by atoms with Crippen molar-refractivity contribution < 1.29 is 80.2 Å². The van der Waals surface area contributed by atoms with Crippen molar-refractivity contribution in [3.63, 3.8) is 0 Å². The van der Waals surface area contributed by atoms with Crippen molar-refractivity contribution in [2.24, 2.45) is 11.8 Å². The highest BCUT2D eigenvalue weighted by molar-refractivity contribution is 7.47. The molecule has 0 bridgehead atoms. The highest BCUT2D eigenvalue weighted by Crippen LogP contribution is 2.45. The van der Waals surface area contributed by atoms with Crippen LogP contribution in [0.5, 0.6) is 0 Å². The van der Waals surface area contributed by atoms with Crippen molar-refractivity contribution in [2.75, 3.05) is 39.6 Å². The number of phosphoric ester groups is 2. The molecule has 618 valence electrons. The fourth-order valence-electron chi connectivity index (χ4n) is 13.2. The molecule has 0 aromatic rings. The van der Waals surface area contributed by atoms with Gasteiger partial charge in [-0.05, 0) is 37.5 Å². The van der Waals surface area contributed by atoms with E-state index in [1.54, 1.807) is 0 Å². The van der Waals surface area contributed by atoms with Crippen LogP contribution in [0.15, 0.2) is 0 Å². The Morgan fingerprint density at radius 1 is 0.260 bits per heavy atom. The number of hydrogen-bond acceptors (Lipinski definition) is 15. The van der Waals surface area contributed by atoms with E-state index in [1.165, 1.54) is 270 Å². The van der Waals surface area contributed by atoms with Crippen LogP contribution in [0.25, 0.3) is 0 Å². The van der Waals surface area contributed by atoms with Crippen molar-refractivity contribution in [2.45, 2.75) is 471 Å². The van der Waals surface area contributed by atoms with Gasteiger partial charge < -0.3 is 33.8 Å². The minimum atomic E-state index is -4.97. The van der Waals surface area contributed by atoms with E-state index in [0.717, 1.165) is 102 Å². The Morgan fingerprint density at radius 2 is 0.442 bits per heavy atom. The van der Waals surface area contributed by atoms with Gasteiger partial charge >= 0.3 is 39.5 Å². The molecule has 0 fully saturated rings. The third kappa shape index (κ3) is 78.2. The topological polar surface area (TPSA) is 237 Å². The number of rotatable bonds is 84. The Labute approximate surface area is 638 Å². The fourth-order valence-corrected chi connectivity index (χ4v) is 14.8. The van der Waals surface area contributed by atoms with Crippen LogP contribution in [0.4, 0.5) is 0 Å². The zero-order valence-electron chi connectivity index (χ0n) is 68.3. The summed E-state index contributed by atoms with van der Waals surface area (Å²) in [5.41, 5.74) is 0. The first-order chi connectivity index (χ1) is 50.4. The van der Waals surface area contributed by atoms with Gasteiger partial charge in [-0.25, -0.2) is 9.13 Å². The summed E-state index contributed by atoms with van der Waals surface area (Å²) in [6.07, 6.45) is 68.1. The average Bonchev–Trinajstić information content (AvgIpc) is 0.914. The summed E-state index contributed by atoms with van der Waals surface area (Å²) in [4.78, 5) is 73.2. The second kappa shape index (κ2) is 76.4. The SMILES string of the molecule is CCCCCCCCCCCCCCCCCCCCCCCCC(=O)O[C@H](COC(=O)CCCCCCCCCCCCCCCCC(C)C)COP(=O)(O)OC[C@@H](O)COP(=O)(O)OC[C@@H](COC(=O)CCCCCCCCCCCCCC)OC(=O)CCCCCCCCCCCCC(C)C. The Hall–Kier alpha value is -1.94. The number of carbonyl (C=O) groups is 4. The smallest absolute Gasteiger partial charge is 0.462 e. The van der Waals surface area contributed by atoms with E-state index < -0.39 is 97.5 Å². The standard InChI is InChI=1S/C85H166O17P2/c1-7-9-11-13-15-17-19-21-22-23-24-25-26-27-28-29-34-38-45-51-57-63-69-84(89)101-80(73-96-83(88)68-62-56-50-44-37-33-31-30-32-35-41-47-53-59-65-77(3)4)75-99-103(91,92)97-71-79(86)72-98-104(93,94)100-76-81(74-95-82(87)67-61-55-49-43-36-20-18-16-14-12-10-8-2)102-85(90)70-64-58-52-46-40-39-42-48-54-60-66-78(5)6/h77-81,86H,7-76H2,1-6H3,(H,91,92)(H,93,94)/t79-,80-,81-/m1/s1. The van der Waals surface area contributed by atoms with Gasteiger partial charge in [0.1, 0.15) is 19.3 Å². The molecule has 0 aliphatic rings. The zero-order chi connectivity index (χ0) is 76.4. The first-order valence-corrected chi connectivity index (χ1v) is 47.0. The molecule has 104 heavy (non-hydrogen) atoms. The van der Waals surface area contributed by atoms with Crippen molar-refractivity contribution in [3.8, 4) is 0 Å². The normalized spacial score (nSPS) is 13.8. The number of phosphoric acid groups is 2. The highest BCUT2D eigenvalue weighted by Gasteiger charge is 2.30. The third-order valence-corrected chi connectivity index (χ3v) is 21.9. The molecule has 0 aromatic heterocycles. The number of esters is 4. The first kappa shape index (κ1) is 102. The maximum absolute atomic E-state index is 13.1. The van der Waals surface area contributed by atoms with Crippen molar-refractivity contribution in [1.29, 1.82) is 0 Å². The van der Waals surface area contributed by atoms with Crippen LogP contribution in [0, 0.1) is 11.8 Å². The van der Waals surface area contributed by atoms with E-state index in [1.807, 2.05) is 0 Å². The molecule has 0 spiro atoms. The van der Waals surface area contributed by atoms with Gasteiger partial charge in [0, 0.05) is 25.7 Å². The van der Waals surface area contributed by atoms with Crippen LogP contribution in [-0.2, 0) is 65.4 Å². The molecule has 0 saturated heterocycles. The molecule has 2 unspecified atom stereocenters. The number of carbonyl (C=O) groups excluding carboxylic acids is 4. The minimum Gasteiger partial charge on any atom is -0.462 e. The number of hydrogen-bond donors (Lipinski definition) is 3. The summed E-state index contributed by atoms with van der Waals surface area (Å²) in [5, 5.41) is 10.7. The monoisotopic (exact) mass is 1520 g/mol. The molecule has 3 N–H and O–H groups in total. The lowest BCUT2D eigenvalue weighted by molar-refractivity contribution is -0.161. The average molecular weight is 1520 g/mol. The third-order valence-electron chi connectivity index (χ3n) is 20.0. The summed E-state index contributed by atoms with van der Waals surface area (Å²) in [6.45, 7) is 9.67. The second-order valence-electron chi connectivity index (χ2n) is 31.5. The van der Waals surface area contributed by atoms with Crippen LogP contribution < -0.4 is 0 Å². The Morgan fingerprint density at radius 3 is 0.654 bits per heavy atom. The molecule has 17 nitrogen and oxygen atoms in total. The van der Waals surface area contributed by atoms with Crippen LogP contribution >= 0.6 is 15.6 Å². The molecule has 0 aliphatic heterocycles. The van der Waals surface area contributed by atoms with Gasteiger partial charge in [-0.2, -0.15) is 0 Å². The maximum Gasteiger partial charge on any atom is 0.472 e. The van der Waals surface area contributed by atoms with E-state index in [4.69, 9.17) is 37.0 Å². The molecule has 0 heterocycles. The highest BCUT2D eigenvalue weighted by atomic mass is 31.2. The molecule has 0 amide bonds. The number of ether oxygens (including phenoxy) is 4. The van der Waals surface area contributed by atoms with Crippen molar-refractivity contribution in [1.82, 2.24) is 0 Å². The molecular weight excluding hydrogens is 1350 g/mol. The van der Waals surface area contributed by atoms with Crippen LogP contribution in [-0.4, -0.2) is 96.7 Å². The van der Waals surface area contributed by atoms with E-state index >= 15 is 0 Å². The fraction of sp³-hybridized carbons (Fsp3) is 0.953. The van der Waals surface area contributed by atoms with E-state index in [-0.39, 0.29) is 25.7 Å². The summed E-state index contributed by atoms with van der Waals surface area (Å²) in [6, 6.07) is 0. The molecule has 0 aliphatic carbocycles. The van der Waals surface area contributed by atoms with E-state index in [2.05, 4.69) is 41.5 Å².